The molecular formula is C21H35N3O3S2. The fourth-order valence-electron chi connectivity index (χ4n) is 3.49. The normalized spacial score (nSPS) is 17.1. The third kappa shape index (κ3) is 7.27. The van der Waals surface area contributed by atoms with Crippen LogP contribution in [0.1, 0.15) is 45.1 Å². The van der Waals surface area contributed by atoms with E-state index < -0.39 is 16.1 Å². The van der Waals surface area contributed by atoms with Gasteiger partial charge in [0, 0.05) is 12.1 Å². The lowest BCUT2D eigenvalue weighted by Gasteiger charge is -2.41. The lowest BCUT2D eigenvalue weighted by atomic mass is 9.98. The molecule has 6 nitrogen and oxygen atoms in total. The summed E-state index contributed by atoms with van der Waals surface area (Å²) in [5.74, 6) is 0.434. The molecule has 0 aromatic heterocycles. The predicted octanol–water partition coefficient (Wildman–Crippen LogP) is 2.78. The summed E-state index contributed by atoms with van der Waals surface area (Å²) >= 11 is 1.59. The van der Waals surface area contributed by atoms with Gasteiger partial charge in [0.2, 0.25) is 15.9 Å². The number of nitrogens with one attached hydrogen (secondary N) is 2. The number of hydrogen-bond acceptors (Lipinski definition) is 5. The molecule has 1 amide bonds. The summed E-state index contributed by atoms with van der Waals surface area (Å²) in [5, 5.41) is 3.00. The third-order valence-electron chi connectivity index (χ3n) is 5.46. The van der Waals surface area contributed by atoms with E-state index in [1.807, 2.05) is 13.2 Å². The Morgan fingerprint density at radius 3 is 2.38 bits per heavy atom. The van der Waals surface area contributed by atoms with Gasteiger partial charge in [0.05, 0.1) is 4.90 Å². The topological polar surface area (TPSA) is 78.5 Å². The maximum absolute atomic E-state index is 12.9. The molecule has 2 rings (SSSR count). The van der Waals surface area contributed by atoms with E-state index >= 15 is 0 Å². The van der Waals surface area contributed by atoms with E-state index in [0.717, 1.165) is 18.7 Å². The van der Waals surface area contributed by atoms with Crippen molar-refractivity contribution in [3.05, 3.63) is 29.8 Å². The molecule has 1 atom stereocenters. The molecule has 0 spiro atoms. The standard InChI is InChI=1S/C21H35N3O3S2/c1-17-8-10-18(11-9-17)29(26,27)23-19(12-15-28-4)20(25)22-16-21(2,3)24-13-6-5-7-14-24/h8-11,19,23H,5-7,12-16H2,1-4H3,(H,22,25). The Labute approximate surface area is 180 Å². The number of carbonyl (C=O) groups is 1. The molecule has 1 unspecified atom stereocenters. The average Bonchev–Trinajstić information content (AvgIpc) is 2.70. The molecular weight excluding hydrogens is 406 g/mol. The van der Waals surface area contributed by atoms with E-state index in [-0.39, 0.29) is 16.3 Å². The summed E-state index contributed by atoms with van der Waals surface area (Å²) in [4.78, 5) is 15.5. The Kier molecular flexibility index (Phi) is 9.00. The van der Waals surface area contributed by atoms with Crippen molar-refractivity contribution in [2.75, 3.05) is 31.6 Å². The molecule has 1 aromatic carbocycles. The van der Waals surface area contributed by atoms with Gasteiger partial charge in [-0.1, -0.05) is 24.1 Å². The van der Waals surface area contributed by atoms with Crippen molar-refractivity contribution in [1.82, 2.24) is 14.9 Å². The van der Waals surface area contributed by atoms with Crippen LogP contribution in [0.2, 0.25) is 0 Å². The van der Waals surface area contributed by atoms with Crippen molar-refractivity contribution >= 4 is 27.7 Å². The Hall–Kier alpha value is -1.09. The van der Waals surface area contributed by atoms with Crippen LogP contribution >= 0.6 is 11.8 Å². The molecule has 0 saturated carbocycles. The molecule has 1 aliphatic rings. The van der Waals surface area contributed by atoms with Gasteiger partial charge in [0.15, 0.2) is 0 Å². The molecule has 0 bridgehead atoms. The van der Waals surface area contributed by atoms with E-state index in [0.29, 0.717) is 18.7 Å². The molecule has 1 saturated heterocycles. The Balaban J connectivity index is 2.04. The van der Waals surface area contributed by atoms with Gasteiger partial charge in [-0.05, 0) is 77.3 Å². The number of amides is 1. The smallest absolute Gasteiger partial charge is 0.241 e. The Bertz CT molecular complexity index is 758. The number of likely N-dealkylation sites (tertiary alicyclic amines) is 1. The molecule has 8 heteroatoms. The maximum Gasteiger partial charge on any atom is 0.241 e. The number of sulfonamides is 1. The average molecular weight is 442 g/mol. The van der Waals surface area contributed by atoms with E-state index in [4.69, 9.17) is 0 Å². The number of rotatable bonds is 10. The molecule has 1 aromatic rings. The molecule has 1 aliphatic heterocycles. The van der Waals surface area contributed by atoms with Crippen LogP contribution in [-0.2, 0) is 14.8 Å². The van der Waals surface area contributed by atoms with Crippen LogP contribution in [-0.4, -0.2) is 62.4 Å². The lowest BCUT2D eigenvalue weighted by Crippen LogP contribution is -2.56. The van der Waals surface area contributed by atoms with Gasteiger partial charge >= 0.3 is 0 Å². The van der Waals surface area contributed by atoms with E-state index in [1.165, 1.54) is 19.3 Å². The minimum absolute atomic E-state index is 0.157. The largest absolute Gasteiger partial charge is 0.353 e. The highest BCUT2D eigenvalue weighted by molar-refractivity contribution is 7.98. The summed E-state index contributed by atoms with van der Waals surface area (Å²) in [6, 6.07) is 5.87. The minimum Gasteiger partial charge on any atom is -0.353 e. The first-order valence-electron chi connectivity index (χ1n) is 10.3. The first-order valence-corrected chi connectivity index (χ1v) is 13.1. The second-order valence-corrected chi connectivity index (χ2v) is 11.0. The second-order valence-electron chi connectivity index (χ2n) is 8.35. The van der Waals surface area contributed by atoms with Crippen LogP contribution in [0.25, 0.3) is 0 Å². The van der Waals surface area contributed by atoms with Crippen molar-refractivity contribution in [2.45, 2.75) is 62.9 Å². The van der Waals surface area contributed by atoms with Crippen molar-refractivity contribution in [3.8, 4) is 0 Å². The number of piperidine rings is 1. The Morgan fingerprint density at radius 1 is 1.17 bits per heavy atom. The highest BCUT2D eigenvalue weighted by Gasteiger charge is 2.30. The number of aryl methyl sites for hydroxylation is 1. The van der Waals surface area contributed by atoms with Gasteiger partial charge in [-0.3, -0.25) is 9.69 Å². The van der Waals surface area contributed by atoms with Crippen LogP contribution < -0.4 is 10.0 Å². The highest BCUT2D eigenvalue weighted by Crippen LogP contribution is 2.20. The zero-order valence-corrected chi connectivity index (χ0v) is 19.7. The van der Waals surface area contributed by atoms with Gasteiger partial charge in [0.25, 0.3) is 0 Å². The third-order valence-corrected chi connectivity index (χ3v) is 7.59. The summed E-state index contributed by atoms with van der Waals surface area (Å²) in [6.45, 7) is 8.74. The van der Waals surface area contributed by atoms with E-state index in [1.54, 1.807) is 36.0 Å². The van der Waals surface area contributed by atoms with Gasteiger partial charge in [-0.2, -0.15) is 16.5 Å². The SMILES string of the molecule is CSCCC(NS(=O)(=O)c1ccc(C)cc1)C(=O)NCC(C)(C)N1CCCCC1. The van der Waals surface area contributed by atoms with Crippen LogP contribution in [0.15, 0.2) is 29.2 Å². The number of carbonyl (C=O) groups excluding carboxylic acids is 1. The maximum atomic E-state index is 12.9. The first kappa shape index (κ1) is 24.2. The summed E-state index contributed by atoms with van der Waals surface area (Å²) < 4.78 is 28.1. The van der Waals surface area contributed by atoms with Gasteiger partial charge in [-0.15, -0.1) is 0 Å². The van der Waals surface area contributed by atoms with Crippen LogP contribution in [0.5, 0.6) is 0 Å². The second kappa shape index (κ2) is 10.8. The number of hydrogen-bond donors (Lipinski definition) is 2. The van der Waals surface area contributed by atoms with Crippen molar-refractivity contribution in [2.24, 2.45) is 0 Å². The van der Waals surface area contributed by atoms with Crippen molar-refractivity contribution in [3.63, 3.8) is 0 Å². The van der Waals surface area contributed by atoms with Gasteiger partial charge < -0.3 is 5.32 Å². The number of thioether (sulfide) groups is 1. The Morgan fingerprint density at radius 2 is 1.79 bits per heavy atom. The zero-order chi connectivity index (χ0) is 21.5. The molecule has 0 aliphatic carbocycles. The zero-order valence-electron chi connectivity index (χ0n) is 18.0. The van der Waals surface area contributed by atoms with E-state index in [9.17, 15) is 13.2 Å². The lowest BCUT2D eigenvalue weighted by molar-refractivity contribution is -0.123. The molecule has 164 valence electrons. The van der Waals surface area contributed by atoms with Crippen LogP contribution in [0.4, 0.5) is 0 Å². The van der Waals surface area contributed by atoms with Crippen LogP contribution in [0, 0.1) is 6.92 Å². The number of nitrogens with zero attached hydrogens (tertiary/aromatic N) is 1. The first-order chi connectivity index (χ1) is 13.7. The predicted molar refractivity (Wildman–Crippen MR) is 121 cm³/mol. The summed E-state index contributed by atoms with van der Waals surface area (Å²) in [6.07, 6.45) is 6.02. The van der Waals surface area contributed by atoms with Crippen molar-refractivity contribution < 1.29 is 13.2 Å². The minimum atomic E-state index is -3.76. The highest BCUT2D eigenvalue weighted by atomic mass is 32.2. The van der Waals surface area contributed by atoms with E-state index in [2.05, 4.69) is 28.8 Å². The fraction of sp³-hybridized carbons (Fsp3) is 0.667. The summed E-state index contributed by atoms with van der Waals surface area (Å²) in [7, 11) is -3.76. The molecule has 0 radical (unpaired) electrons. The summed E-state index contributed by atoms with van der Waals surface area (Å²) in [5.41, 5.74) is 0.830. The molecule has 29 heavy (non-hydrogen) atoms. The monoisotopic (exact) mass is 441 g/mol. The van der Waals surface area contributed by atoms with Crippen molar-refractivity contribution in [1.29, 1.82) is 0 Å². The number of benzene rings is 1. The quantitative estimate of drug-likeness (QED) is 0.584. The van der Waals surface area contributed by atoms with Gasteiger partial charge in [-0.25, -0.2) is 8.42 Å². The molecule has 1 heterocycles. The van der Waals surface area contributed by atoms with Crippen LogP contribution in [0.3, 0.4) is 0 Å². The molecule has 2 N–H and O–H groups in total. The fourth-order valence-corrected chi connectivity index (χ4v) is 5.19. The molecule has 1 fully saturated rings. The van der Waals surface area contributed by atoms with Gasteiger partial charge in [0.1, 0.15) is 6.04 Å².